The van der Waals surface area contributed by atoms with Crippen LogP contribution >= 0.6 is 15.9 Å². The van der Waals surface area contributed by atoms with Crippen LogP contribution < -0.4 is 0 Å². The molecule has 1 atom stereocenters. The Morgan fingerprint density at radius 3 is 2.59 bits per heavy atom. The Labute approximate surface area is 179 Å². The summed E-state index contributed by atoms with van der Waals surface area (Å²) in [5.41, 5.74) is 5.09. The molecule has 3 nitrogen and oxygen atoms in total. The number of allylic oxidation sites excluding steroid dienone is 1. The van der Waals surface area contributed by atoms with Crippen LogP contribution in [0.4, 0.5) is 0 Å². The van der Waals surface area contributed by atoms with E-state index in [-0.39, 0.29) is 5.41 Å². The van der Waals surface area contributed by atoms with Crippen LogP contribution in [0.3, 0.4) is 0 Å². The van der Waals surface area contributed by atoms with Gasteiger partial charge in [0.1, 0.15) is 0 Å². The number of carboxylic acid groups (broad SMARTS) is 1. The molecule has 1 N–H and O–H groups in total. The summed E-state index contributed by atoms with van der Waals surface area (Å²) in [5, 5.41) is 10.8. The standard InChI is InChI=1S/C25H24BrNO2/c1-25(2,3)17-13-16(11-15-7-6-8-18(26)12-15)23-20(14-17)22(24(28)29)19-9-4-5-10-21(19)27-23/h4-12,17H,13-14H2,1-3H3,(H,28,29). The quantitative estimate of drug-likeness (QED) is 0.465. The van der Waals surface area contributed by atoms with Gasteiger partial charge in [-0.25, -0.2) is 9.78 Å². The van der Waals surface area contributed by atoms with E-state index in [9.17, 15) is 9.90 Å². The van der Waals surface area contributed by atoms with Crippen LogP contribution in [0.5, 0.6) is 0 Å². The highest BCUT2D eigenvalue weighted by Gasteiger charge is 2.35. The Morgan fingerprint density at radius 1 is 1.14 bits per heavy atom. The maximum absolute atomic E-state index is 12.3. The van der Waals surface area contributed by atoms with E-state index in [1.807, 2.05) is 36.4 Å². The molecule has 1 aliphatic rings. The lowest BCUT2D eigenvalue weighted by Gasteiger charge is -2.36. The number of pyridine rings is 1. The number of fused-ring (bicyclic) bond motifs is 2. The Kier molecular flexibility index (Phi) is 5.07. The van der Waals surface area contributed by atoms with Crippen LogP contribution in [-0.4, -0.2) is 16.1 Å². The molecule has 0 aliphatic heterocycles. The molecule has 2 aromatic carbocycles. The zero-order valence-electron chi connectivity index (χ0n) is 16.9. The van der Waals surface area contributed by atoms with Gasteiger partial charge in [-0.3, -0.25) is 0 Å². The molecule has 0 saturated carbocycles. The van der Waals surface area contributed by atoms with E-state index in [0.29, 0.717) is 11.5 Å². The van der Waals surface area contributed by atoms with Gasteiger partial charge >= 0.3 is 5.97 Å². The first-order valence-electron chi connectivity index (χ1n) is 9.85. The number of halogens is 1. The minimum absolute atomic E-state index is 0.0649. The first-order chi connectivity index (χ1) is 13.7. The first-order valence-corrected chi connectivity index (χ1v) is 10.6. The van der Waals surface area contributed by atoms with E-state index in [2.05, 4.69) is 54.9 Å². The fourth-order valence-corrected chi connectivity index (χ4v) is 4.59. The molecule has 0 spiro atoms. The third-order valence-electron chi connectivity index (χ3n) is 5.84. The molecule has 0 saturated heterocycles. The van der Waals surface area contributed by atoms with E-state index in [0.717, 1.165) is 50.6 Å². The highest BCUT2D eigenvalue weighted by molar-refractivity contribution is 9.10. The third-order valence-corrected chi connectivity index (χ3v) is 6.34. The molecule has 3 aromatic rings. The van der Waals surface area contributed by atoms with Crippen LogP contribution in [0.15, 0.2) is 53.0 Å². The molecular weight excluding hydrogens is 426 g/mol. The van der Waals surface area contributed by atoms with Gasteiger partial charge in [0.25, 0.3) is 0 Å². The summed E-state index contributed by atoms with van der Waals surface area (Å²) in [6, 6.07) is 15.7. The van der Waals surface area contributed by atoms with Crippen LogP contribution in [0.25, 0.3) is 22.6 Å². The van der Waals surface area contributed by atoms with Gasteiger partial charge < -0.3 is 5.11 Å². The number of hydrogen-bond donors (Lipinski definition) is 1. The number of carboxylic acids is 1. The van der Waals surface area contributed by atoms with Gasteiger partial charge in [-0.1, -0.05) is 67.0 Å². The fourth-order valence-electron chi connectivity index (χ4n) is 4.18. The van der Waals surface area contributed by atoms with E-state index in [1.54, 1.807) is 0 Å². The van der Waals surface area contributed by atoms with Crippen LogP contribution in [0.2, 0.25) is 0 Å². The zero-order chi connectivity index (χ0) is 20.8. The van der Waals surface area contributed by atoms with Crippen LogP contribution in [-0.2, 0) is 6.42 Å². The molecular formula is C25H24BrNO2. The second kappa shape index (κ2) is 7.42. The van der Waals surface area contributed by atoms with Gasteiger partial charge in [0, 0.05) is 9.86 Å². The average molecular weight is 450 g/mol. The van der Waals surface area contributed by atoms with Gasteiger partial charge in [0.15, 0.2) is 0 Å². The highest BCUT2D eigenvalue weighted by Crippen LogP contribution is 2.44. The summed E-state index contributed by atoms with van der Waals surface area (Å²) in [6.07, 6.45) is 3.77. The minimum Gasteiger partial charge on any atom is -0.478 e. The average Bonchev–Trinajstić information content (AvgIpc) is 2.65. The molecule has 0 amide bonds. The van der Waals surface area contributed by atoms with Gasteiger partial charge in [-0.05, 0) is 65.1 Å². The lowest BCUT2D eigenvalue weighted by atomic mass is 9.69. The molecule has 29 heavy (non-hydrogen) atoms. The largest absolute Gasteiger partial charge is 0.478 e. The van der Waals surface area contributed by atoms with E-state index in [1.165, 1.54) is 0 Å². The van der Waals surface area contributed by atoms with Crippen molar-refractivity contribution in [2.75, 3.05) is 0 Å². The van der Waals surface area contributed by atoms with Crippen molar-refractivity contribution in [3.05, 3.63) is 75.4 Å². The fraction of sp³-hybridized carbons (Fsp3) is 0.280. The third kappa shape index (κ3) is 3.86. The maximum Gasteiger partial charge on any atom is 0.336 e. The summed E-state index contributed by atoms with van der Waals surface area (Å²) < 4.78 is 1.02. The van der Waals surface area contributed by atoms with Crippen molar-refractivity contribution < 1.29 is 9.90 Å². The molecule has 4 heteroatoms. The Morgan fingerprint density at radius 2 is 1.90 bits per heavy atom. The van der Waals surface area contributed by atoms with Gasteiger partial charge in [0.05, 0.1) is 16.8 Å². The zero-order valence-corrected chi connectivity index (χ0v) is 18.5. The second-order valence-corrected chi connectivity index (χ2v) is 9.75. The number of hydrogen-bond acceptors (Lipinski definition) is 2. The second-order valence-electron chi connectivity index (χ2n) is 8.83. The van der Waals surface area contributed by atoms with Crippen molar-refractivity contribution in [2.24, 2.45) is 11.3 Å². The van der Waals surface area contributed by atoms with Crippen molar-refractivity contribution >= 4 is 44.5 Å². The van der Waals surface area contributed by atoms with Gasteiger partial charge in [0.2, 0.25) is 0 Å². The number of para-hydroxylation sites is 1. The van der Waals surface area contributed by atoms with Crippen molar-refractivity contribution in [1.29, 1.82) is 0 Å². The van der Waals surface area contributed by atoms with Crippen molar-refractivity contribution in [1.82, 2.24) is 4.98 Å². The molecule has 1 unspecified atom stereocenters. The van der Waals surface area contributed by atoms with Crippen molar-refractivity contribution in [3.63, 3.8) is 0 Å². The molecule has 1 heterocycles. The SMILES string of the molecule is CC(C)(C)C1CC(=Cc2cccc(Br)c2)c2nc3ccccc3c(C(=O)O)c2C1. The monoisotopic (exact) mass is 449 g/mol. The number of rotatable bonds is 2. The van der Waals surface area contributed by atoms with Crippen molar-refractivity contribution in [3.8, 4) is 0 Å². The molecule has 0 bridgehead atoms. The molecule has 4 rings (SSSR count). The predicted octanol–water partition coefficient (Wildman–Crippen LogP) is 6.84. The number of nitrogens with zero attached hydrogens (tertiary/aromatic N) is 1. The molecule has 0 fully saturated rings. The lowest BCUT2D eigenvalue weighted by molar-refractivity contribution is 0.0696. The highest BCUT2D eigenvalue weighted by atomic mass is 79.9. The normalized spacial score (nSPS) is 18.1. The number of aromatic nitrogens is 1. The first kappa shape index (κ1) is 19.8. The number of benzene rings is 2. The van der Waals surface area contributed by atoms with E-state index in [4.69, 9.17) is 4.98 Å². The van der Waals surface area contributed by atoms with E-state index >= 15 is 0 Å². The van der Waals surface area contributed by atoms with Gasteiger partial charge in [-0.15, -0.1) is 0 Å². The Bertz CT molecular complexity index is 1140. The number of carbonyl (C=O) groups is 1. The number of aromatic carboxylic acids is 1. The molecule has 1 aliphatic carbocycles. The molecule has 148 valence electrons. The topological polar surface area (TPSA) is 50.2 Å². The smallest absolute Gasteiger partial charge is 0.336 e. The Hall–Kier alpha value is -2.46. The maximum atomic E-state index is 12.3. The summed E-state index contributed by atoms with van der Waals surface area (Å²) in [4.78, 5) is 17.2. The van der Waals surface area contributed by atoms with Gasteiger partial charge in [-0.2, -0.15) is 0 Å². The van der Waals surface area contributed by atoms with Crippen molar-refractivity contribution in [2.45, 2.75) is 33.6 Å². The summed E-state index contributed by atoms with van der Waals surface area (Å²) in [5.74, 6) is -0.536. The lowest BCUT2D eigenvalue weighted by Crippen LogP contribution is -2.28. The Balaban J connectivity index is 2.00. The summed E-state index contributed by atoms with van der Waals surface area (Å²) in [7, 11) is 0. The van der Waals surface area contributed by atoms with Crippen LogP contribution in [0, 0.1) is 11.3 Å². The molecule has 0 radical (unpaired) electrons. The van der Waals surface area contributed by atoms with Crippen LogP contribution in [0.1, 0.15) is 54.4 Å². The van der Waals surface area contributed by atoms with E-state index < -0.39 is 5.97 Å². The summed E-state index contributed by atoms with van der Waals surface area (Å²) in [6.45, 7) is 6.69. The minimum atomic E-state index is -0.879. The predicted molar refractivity (Wildman–Crippen MR) is 122 cm³/mol. The molecule has 1 aromatic heterocycles. The summed E-state index contributed by atoms with van der Waals surface area (Å²) >= 11 is 3.54.